The number of anilines is 3. The Morgan fingerprint density at radius 2 is 1.27 bits per heavy atom. The molecule has 7 aliphatic rings. The molecule has 7 aliphatic carbocycles. The van der Waals surface area contributed by atoms with Crippen LogP contribution in [-0.4, -0.2) is 0 Å². The van der Waals surface area contributed by atoms with Gasteiger partial charge in [-0.1, -0.05) is 74.9 Å². The van der Waals surface area contributed by atoms with Gasteiger partial charge in [0.15, 0.2) is 0 Å². The molecule has 0 N–H and O–H groups in total. The second kappa shape index (κ2) is 10.6. The van der Waals surface area contributed by atoms with Crippen LogP contribution >= 0.6 is 0 Å². The highest BCUT2D eigenvalue weighted by Crippen LogP contribution is 2.61. The molecule has 2 heteroatoms. The number of para-hydroxylation sites is 1. The number of rotatable bonds is 5. The molecule has 3 unspecified atom stereocenters. The Hall–Kier alpha value is -4.30. The van der Waals surface area contributed by atoms with Crippen molar-refractivity contribution in [3.8, 4) is 11.1 Å². The summed E-state index contributed by atoms with van der Waals surface area (Å²) in [5.74, 6) is 5.46. The predicted octanol–water partition coefficient (Wildman–Crippen LogP) is 13.7. The third-order valence-electron chi connectivity index (χ3n) is 15.5. The molecular weight excluding hydrogens is 631 g/mol. The van der Waals surface area contributed by atoms with Crippen molar-refractivity contribution in [1.29, 1.82) is 0 Å². The van der Waals surface area contributed by atoms with Gasteiger partial charge < -0.3 is 9.32 Å². The number of fused-ring (bicyclic) bond motifs is 9. The Morgan fingerprint density at radius 3 is 1.96 bits per heavy atom. The molecular formula is C50H49NO. The predicted molar refractivity (Wildman–Crippen MR) is 214 cm³/mol. The molecule has 5 aromatic carbocycles. The van der Waals surface area contributed by atoms with Crippen molar-refractivity contribution in [2.24, 2.45) is 29.6 Å². The zero-order valence-corrected chi connectivity index (χ0v) is 30.7. The Morgan fingerprint density at radius 1 is 0.596 bits per heavy atom. The lowest BCUT2D eigenvalue weighted by molar-refractivity contribution is -0.00518. The first-order valence-electron chi connectivity index (χ1n) is 20.5. The van der Waals surface area contributed by atoms with Crippen LogP contribution in [0.2, 0.25) is 0 Å². The summed E-state index contributed by atoms with van der Waals surface area (Å²) < 4.78 is 6.64. The second-order valence-corrected chi connectivity index (χ2v) is 18.8. The maximum Gasteiger partial charge on any atom is 0.140 e. The average Bonchev–Trinajstić information content (AvgIpc) is 3.93. The maximum absolute atomic E-state index is 6.64. The summed E-state index contributed by atoms with van der Waals surface area (Å²) in [5, 5.41) is 2.41. The van der Waals surface area contributed by atoms with Gasteiger partial charge in [-0.25, -0.2) is 0 Å². The van der Waals surface area contributed by atoms with Crippen LogP contribution in [0.25, 0.3) is 33.1 Å². The van der Waals surface area contributed by atoms with Gasteiger partial charge in [-0.3, -0.25) is 0 Å². The largest absolute Gasteiger partial charge is 0.456 e. The average molecular weight is 680 g/mol. The van der Waals surface area contributed by atoms with Crippen molar-refractivity contribution in [3.63, 3.8) is 0 Å². The Bertz CT molecular complexity index is 2360. The Balaban J connectivity index is 0.959. The molecule has 6 aromatic rings. The topological polar surface area (TPSA) is 16.4 Å². The van der Waals surface area contributed by atoms with E-state index in [-0.39, 0.29) is 5.41 Å². The summed E-state index contributed by atoms with van der Waals surface area (Å²) in [6.07, 6.45) is 14.4. The van der Waals surface area contributed by atoms with E-state index in [9.17, 15) is 0 Å². The number of nitrogens with zero attached hydrogens (tertiary/aromatic N) is 1. The molecule has 6 fully saturated rings. The molecule has 52 heavy (non-hydrogen) atoms. The van der Waals surface area contributed by atoms with Gasteiger partial charge in [-0.15, -0.1) is 0 Å². The van der Waals surface area contributed by atoms with Crippen LogP contribution in [-0.2, 0) is 10.8 Å². The molecule has 3 atom stereocenters. The molecule has 1 heterocycles. The van der Waals surface area contributed by atoms with Gasteiger partial charge in [-0.05, 0) is 175 Å². The molecule has 13 rings (SSSR count). The summed E-state index contributed by atoms with van der Waals surface area (Å²) in [6.45, 7) is 4.78. The first kappa shape index (κ1) is 30.2. The molecule has 0 aliphatic heterocycles. The van der Waals surface area contributed by atoms with Crippen molar-refractivity contribution >= 4 is 39.0 Å². The zero-order valence-electron chi connectivity index (χ0n) is 30.7. The van der Waals surface area contributed by atoms with Crippen LogP contribution < -0.4 is 4.90 Å². The first-order chi connectivity index (χ1) is 25.4. The zero-order chi connectivity index (χ0) is 34.3. The fraction of sp³-hybridized carbons (Fsp3) is 0.400. The fourth-order valence-electron chi connectivity index (χ4n) is 13.6. The van der Waals surface area contributed by atoms with E-state index in [1.54, 1.807) is 11.1 Å². The van der Waals surface area contributed by atoms with Gasteiger partial charge in [0.2, 0.25) is 0 Å². The monoisotopic (exact) mass is 679 g/mol. The highest BCUT2D eigenvalue weighted by Gasteiger charge is 2.51. The number of hydrogen-bond acceptors (Lipinski definition) is 2. The van der Waals surface area contributed by atoms with Crippen LogP contribution in [0.1, 0.15) is 106 Å². The summed E-state index contributed by atoms with van der Waals surface area (Å²) in [6, 6.07) is 40.0. The number of benzene rings is 5. The van der Waals surface area contributed by atoms with Crippen LogP contribution in [0.15, 0.2) is 108 Å². The van der Waals surface area contributed by atoms with Crippen molar-refractivity contribution in [2.45, 2.75) is 94.8 Å². The molecule has 6 bridgehead atoms. The SMILES string of the molecule is CC1(C)c2cc(N(c3ccc(C4CC5CCC4C5)cc3)c3ccc(C45CC6CC(CC(C6)C4)C5)cc3)ccc2-c2ccc3c(oc4ccccc43)c21. The van der Waals surface area contributed by atoms with Crippen LogP contribution in [0.4, 0.5) is 17.1 Å². The molecule has 1 aromatic heterocycles. The lowest BCUT2D eigenvalue weighted by atomic mass is 9.48. The second-order valence-electron chi connectivity index (χ2n) is 18.8. The summed E-state index contributed by atoms with van der Waals surface area (Å²) in [5.41, 5.74) is 14.4. The molecule has 0 amide bonds. The number of hydrogen-bond donors (Lipinski definition) is 0. The molecule has 0 spiro atoms. The van der Waals surface area contributed by atoms with E-state index in [4.69, 9.17) is 4.42 Å². The Labute approximate surface area is 308 Å². The molecule has 2 nitrogen and oxygen atoms in total. The molecule has 6 saturated carbocycles. The van der Waals surface area contributed by atoms with Gasteiger partial charge in [0.25, 0.3) is 0 Å². The third-order valence-corrected chi connectivity index (χ3v) is 15.5. The van der Waals surface area contributed by atoms with E-state index < -0.39 is 0 Å². The van der Waals surface area contributed by atoms with Crippen LogP contribution in [0, 0.1) is 29.6 Å². The summed E-state index contributed by atoms with van der Waals surface area (Å²) >= 11 is 0. The minimum atomic E-state index is -0.201. The standard InChI is InChI=1S/C50H49NO/c1-49(2)45-26-39(17-18-40(45)42-19-20-43-41-5-3-4-6-46(41)52-48(43)47(42)49)51(37-13-9-34(10-14-37)44-25-30-7-8-35(44)24-30)38-15-11-36(12-16-38)50-27-31-21-32(28-50)23-33(22-31)29-50/h3-6,9-20,26,30-33,35,44H,7-8,21-25,27-29H2,1-2H3. The lowest BCUT2D eigenvalue weighted by Crippen LogP contribution is -2.48. The fourth-order valence-corrected chi connectivity index (χ4v) is 13.6. The highest BCUT2D eigenvalue weighted by atomic mass is 16.3. The van der Waals surface area contributed by atoms with E-state index in [0.717, 1.165) is 46.7 Å². The molecule has 0 radical (unpaired) electrons. The molecule has 0 saturated heterocycles. The number of furan rings is 1. The van der Waals surface area contributed by atoms with Crippen molar-refractivity contribution in [2.75, 3.05) is 4.90 Å². The minimum absolute atomic E-state index is 0.201. The van der Waals surface area contributed by atoms with Gasteiger partial charge in [-0.2, -0.15) is 0 Å². The van der Waals surface area contributed by atoms with Gasteiger partial charge in [0.05, 0.1) is 0 Å². The van der Waals surface area contributed by atoms with E-state index in [1.807, 2.05) is 0 Å². The first-order valence-corrected chi connectivity index (χ1v) is 20.5. The van der Waals surface area contributed by atoms with E-state index in [0.29, 0.717) is 5.41 Å². The van der Waals surface area contributed by atoms with Crippen molar-refractivity contribution in [3.05, 3.63) is 125 Å². The quantitative estimate of drug-likeness (QED) is 0.180. The summed E-state index contributed by atoms with van der Waals surface area (Å²) in [4.78, 5) is 2.53. The lowest BCUT2D eigenvalue weighted by Gasteiger charge is -2.57. The minimum Gasteiger partial charge on any atom is -0.456 e. The van der Waals surface area contributed by atoms with Crippen molar-refractivity contribution < 1.29 is 4.42 Å². The van der Waals surface area contributed by atoms with E-state index in [2.05, 4.69) is 122 Å². The van der Waals surface area contributed by atoms with Crippen LogP contribution in [0.5, 0.6) is 0 Å². The van der Waals surface area contributed by atoms with E-state index >= 15 is 0 Å². The van der Waals surface area contributed by atoms with Gasteiger partial charge in [0.1, 0.15) is 11.2 Å². The van der Waals surface area contributed by atoms with Gasteiger partial charge in [0, 0.05) is 38.8 Å². The highest BCUT2D eigenvalue weighted by molar-refractivity contribution is 6.09. The van der Waals surface area contributed by atoms with Crippen LogP contribution in [0.3, 0.4) is 0 Å². The summed E-state index contributed by atoms with van der Waals surface area (Å²) in [7, 11) is 0. The van der Waals surface area contributed by atoms with Crippen molar-refractivity contribution in [1.82, 2.24) is 0 Å². The Kier molecular flexibility index (Phi) is 6.18. The normalized spacial score (nSPS) is 30.3. The molecule has 260 valence electrons. The maximum atomic E-state index is 6.64. The smallest absolute Gasteiger partial charge is 0.140 e. The third kappa shape index (κ3) is 4.24. The van der Waals surface area contributed by atoms with Gasteiger partial charge >= 0.3 is 0 Å². The van der Waals surface area contributed by atoms with E-state index in [1.165, 1.54) is 114 Å².